The summed E-state index contributed by atoms with van der Waals surface area (Å²) in [4.78, 5) is 36.8. The summed E-state index contributed by atoms with van der Waals surface area (Å²) in [5, 5.41) is 14.7. The van der Waals surface area contributed by atoms with Gasteiger partial charge in [0.1, 0.15) is 0 Å². The molecule has 7 nitrogen and oxygen atoms in total. The second-order valence-corrected chi connectivity index (χ2v) is 9.52. The highest BCUT2D eigenvalue weighted by Crippen LogP contribution is 2.24. The molecule has 0 aliphatic heterocycles. The molecule has 0 fully saturated rings. The zero-order chi connectivity index (χ0) is 27.2. The van der Waals surface area contributed by atoms with Gasteiger partial charge in [-0.25, -0.2) is 4.79 Å². The van der Waals surface area contributed by atoms with Gasteiger partial charge in [0.05, 0.1) is 13.0 Å². The van der Waals surface area contributed by atoms with Crippen molar-refractivity contribution in [3.63, 3.8) is 0 Å². The van der Waals surface area contributed by atoms with Crippen LogP contribution >= 0.6 is 0 Å². The van der Waals surface area contributed by atoms with Crippen LogP contribution in [0.5, 0.6) is 0 Å². The maximum Gasteiger partial charge on any atom is 0.323 e. The summed E-state index contributed by atoms with van der Waals surface area (Å²) in [5.74, 6) is -0.906. The van der Waals surface area contributed by atoms with Crippen LogP contribution in [-0.4, -0.2) is 21.7 Å². The number of carbonyl (C=O) groups excluding carboxylic acids is 1. The van der Waals surface area contributed by atoms with Crippen molar-refractivity contribution in [1.82, 2.24) is 4.57 Å². The second-order valence-electron chi connectivity index (χ2n) is 9.52. The number of hydrogen-bond acceptors (Lipinski definition) is 3. The Morgan fingerprint density at radius 2 is 1.61 bits per heavy atom. The lowest BCUT2D eigenvalue weighted by molar-refractivity contribution is -0.137. The SMILES string of the molecule is Cc1ccccc1NC(=O)Nc1ccc(-c2cccn(Cc3ccc([C@H](C)CC(=O)O)cc3)c2=O)c(C)c1. The Balaban J connectivity index is 1.48. The third kappa shape index (κ3) is 6.37. The highest BCUT2D eigenvalue weighted by molar-refractivity contribution is 6.00. The van der Waals surface area contributed by atoms with E-state index in [1.807, 2.05) is 87.5 Å². The Morgan fingerprint density at radius 3 is 2.29 bits per heavy atom. The topological polar surface area (TPSA) is 100 Å². The van der Waals surface area contributed by atoms with Gasteiger partial charge in [-0.15, -0.1) is 0 Å². The Morgan fingerprint density at radius 1 is 0.868 bits per heavy atom. The first kappa shape index (κ1) is 26.4. The molecular weight excluding hydrogens is 478 g/mol. The van der Waals surface area contributed by atoms with Crippen LogP contribution in [0.3, 0.4) is 0 Å². The van der Waals surface area contributed by atoms with Crippen molar-refractivity contribution in [2.24, 2.45) is 0 Å². The maximum absolute atomic E-state index is 13.3. The number of carboxylic acid groups (broad SMARTS) is 1. The first-order valence-corrected chi connectivity index (χ1v) is 12.5. The molecule has 0 saturated carbocycles. The number of rotatable bonds is 8. The molecule has 1 aromatic heterocycles. The van der Waals surface area contributed by atoms with Crippen LogP contribution in [0.25, 0.3) is 11.1 Å². The van der Waals surface area contributed by atoms with Gasteiger partial charge < -0.3 is 20.3 Å². The van der Waals surface area contributed by atoms with Gasteiger partial charge in [-0.1, -0.05) is 55.5 Å². The molecule has 3 N–H and O–H groups in total. The minimum Gasteiger partial charge on any atom is -0.481 e. The number of hydrogen-bond donors (Lipinski definition) is 3. The Hall–Kier alpha value is -4.65. The summed E-state index contributed by atoms with van der Waals surface area (Å²) in [6.07, 6.45) is 1.83. The van der Waals surface area contributed by atoms with Crippen molar-refractivity contribution in [1.29, 1.82) is 0 Å². The number of carboxylic acids is 1. The lowest BCUT2D eigenvalue weighted by atomic mass is 9.97. The minimum absolute atomic E-state index is 0.0753. The number of amides is 2. The summed E-state index contributed by atoms with van der Waals surface area (Å²) in [6.45, 7) is 6.13. The number of benzene rings is 3. The van der Waals surface area contributed by atoms with Gasteiger partial charge in [-0.3, -0.25) is 9.59 Å². The molecule has 2 amide bonds. The molecule has 3 aromatic carbocycles. The van der Waals surface area contributed by atoms with E-state index in [0.717, 1.165) is 33.5 Å². The van der Waals surface area contributed by atoms with E-state index in [1.165, 1.54) is 0 Å². The fourth-order valence-corrected chi connectivity index (χ4v) is 4.44. The average molecular weight is 510 g/mol. The molecule has 7 heteroatoms. The van der Waals surface area contributed by atoms with E-state index in [-0.39, 0.29) is 23.9 Å². The molecule has 1 atom stereocenters. The number of nitrogens with one attached hydrogen (secondary N) is 2. The first-order valence-electron chi connectivity index (χ1n) is 12.5. The van der Waals surface area contributed by atoms with Crippen molar-refractivity contribution in [3.05, 3.63) is 118 Å². The van der Waals surface area contributed by atoms with Crippen LogP contribution in [0.2, 0.25) is 0 Å². The van der Waals surface area contributed by atoms with Gasteiger partial charge in [0.2, 0.25) is 0 Å². The van der Waals surface area contributed by atoms with Crippen molar-refractivity contribution in [3.8, 4) is 11.1 Å². The molecule has 194 valence electrons. The molecule has 0 unspecified atom stereocenters. The molecule has 0 aliphatic carbocycles. The van der Waals surface area contributed by atoms with Crippen LogP contribution in [-0.2, 0) is 11.3 Å². The van der Waals surface area contributed by atoms with Gasteiger partial charge in [0, 0.05) is 23.1 Å². The van der Waals surface area contributed by atoms with Crippen LogP contribution in [0.4, 0.5) is 16.2 Å². The highest BCUT2D eigenvalue weighted by Gasteiger charge is 2.13. The second kappa shape index (κ2) is 11.6. The van der Waals surface area contributed by atoms with Gasteiger partial charge in [-0.2, -0.15) is 0 Å². The van der Waals surface area contributed by atoms with Crippen molar-refractivity contribution in [2.75, 3.05) is 10.6 Å². The number of aliphatic carboxylic acids is 1. The zero-order valence-corrected chi connectivity index (χ0v) is 21.7. The molecule has 0 aliphatic rings. The molecule has 1 heterocycles. The van der Waals surface area contributed by atoms with Crippen LogP contribution in [0, 0.1) is 13.8 Å². The van der Waals surface area contributed by atoms with Gasteiger partial charge in [0.15, 0.2) is 0 Å². The van der Waals surface area contributed by atoms with Gasteiger partial charge in [-0.05, 0) is 77.9 Å². The van der Waals surface area contributed by atoms with E-state index in [0.29, 0.717) is 17.8 Å². The molecular formula is C31H31N3O4. The summed E-state index contributed by atoms with van der Waals surface area (Å²) < 4.78 is 1.66. The highest BCUT2D eigenvalue weighted by atomic mass is 16.4. The first-order chi connectivity index (χ1) is 18.2. The van der Waals surface area contributed by atoms with Crippen molar-refractivity contribution in [2.45, 2.75) is 39.7 Å². The van der Waals surface area contributed by atoms with Crippen molar-refractivity contribution < 1.29 is 14.7 Å². The molecule has 38 heavy (non-hydrogen) atoms. The smallest absolute Gasteiger partial charge is 0.323 e. The number of aryl methyl sites for hydroxylation is 2. The van der Waals surface area contributed by atoms with E-state index < -0.39 is 5.97 Å². The number of para-hydroxylation sites is 1. The van der Waals surface area contributed by atoms with E-state index >= 15 is 0 Å². The normalized spacial score (nSPS) is 11.6. The summed E-state index contributed by atoms with van der Waals surface area (Å²) in [7, 11) is 0. The number of nitrogens with zero attached hydrogens (tertiary/aromatic N) is 1. The predicted octanol–water partition coefficient (Wildman–Crippen LogP) is 6.40. The quantitative estimate of drug-likeness (QED) is 0.256. The molecule has 4 rings (SSSR count). The lowest BCUT2D eigenvalue weighted by Gasteiger charge is -2.14. The third-order valence-corrected chi connectivity index (χ3v) is 6.57. The number of aromatic nitrogens is 1. The van der Waals surface area contributed by atoms with Crippen molar-refractivity contribution >= 4 is 23.4 Å². The zero-order valence-electron chi connectivity index (χ0n) is 21.7. The number of carbonyl (C=O) groups is 2. The standard InChI is InChI=1S/C31H31N3O4/c1-20-7-4-5-9-28(20)33-31(38)32-25-14-15-26(22(3)17-25)27-8-6-16-34(30(27)37)19-23-10-12-24(13-11-23)21(2)18-29(35)36/h4-17,21H,18-19H2,1-3H3,(H,35,36)(H2,32,33,38)/t21-/m1/s1. The molecule has 0 spiro atoms. The largest absolute Gasteiger partial charge is 0.481 e. The molecule has 0 radical (unpaired) electrons. The Bertz CT molecular complexity index is 1520. The molecule has 0 saturated heterocycles. The predicted molar refractivity (Wildman–Crippen MR) is 151 cm³/mol. The number of anilines is 2. The van der Waals surface area contributed by atoms with Crippen LogP contribution in [0.15, 0.2) is 89.9 Å². The molecule has 4 aromatic rings. The maximum atomic E-state index is 13.3. The Labute approximate surface area is 221 Å². The van der Waals surface area contributed by atoms with Gasteiger partial charge in [0.25, 0.3) is 5.56 Å². The van der Waals surface area contributed by atoms with E-state index in [1.54, 1.807) is 22.9 Å². The monoisotopic (exact) mass is 509 g/mol. The Kier molecular flexibility index (Phi) is 8.06. The summed E-state index contributed by atoms with van der Waals surface area (Å²) >= 11 is 0. The van der Waals surface area contributed by atoms with Crippen LogP contribution in [0.1, 0.15) is 41.5 Å². The van der Waals surface area contributed by atoms with Crippen LogP contribution < -0.4 is 16.2 Å². The molecule has 0 bridgehead atoms. The summed E-state index contributed by atoms with van der Waals surface area (Å²) in [5.41, 5.74) is 6.37. The van der Waals surface area contributed by atoms with Gasteiger partial charge >= 0.3 is 12.0 Å². The third-order valence-electron chi connectivity index (χ3n) is 6.57. The van der Waals surface area contributed by atoms with E-state index in [2.05, 4.69) is 10.6 Å². The minimum atomic E-state index is -0.824. The van der Waals surface area contributed by atoms with E-state index in [4.69, 9.17) is 5.11 Å². The number of urea groups is 1. The van der Waals surface area contributed by atoms with E-state index in [9.17, 15) is 14.4 Å². The average Bonchev–Trinajstić information content (AvgIpc) is 2.87. The fourth-order valence-electron chi connectivity index (χ4n) is 4.44. The summed E-state index contributed by atoms with van der Waals surface area (Å²) in [6, 6.07) is 24.1. The lowest BCUT2D eigenvalue weighted by Crippen LogP contribution is -2.22. The number of pyridine rings is 1. The fraction of sp³-hybridized carbons (Fsp3) is 0.194.